The number of phenolic OH excluding ortho intramolecular Hbond substituents is 1. The van der Waals surface area contributed by atoms with E-state index in [1.54, 1.807) is 17.0 Å². The molecule has 0 aromatic heterocycles. The first-order valence-electron chi connectivity index (χ1n) is 6.83. The van der Waals surface area contributed by atoms with Gasteiger partial charge in [-0.25, -0.2) is 0 Å². The van der Waals surface area contributed by atoms with E-state index in [4.69, 9.17) is 16.3 Å². The number of methoxy groups -OCH3 is 1. The molecular formula is C15H20ClNO3. The monoisotopic (exact) mass is 297 g/mol. The van der Waals surface area contributed by atoms with Crippen LogP contribution in [0.4, 0.5) is 0 Å². The molecule has 1 fully saturated rings. The Balaban J connectivity index is 2.09. The van der Waals surface area contributed by atoms with Gasteiger partial charge in [-0.2, -0.15) is 0 Å². The number of phenols is 1. The predicted molar refractivity (Wildman–Crippen MR) is 78.6 cm³/mol. The summed E-state index contributed by atoms with van der Waals surface area (Å²) in [6, 6.07) is 4.70. The van der Waals surface area contributed by atoms with E-state index < -0.39 is 0 Å². The SMILES string of the molecule is COc1ccc(O)c(C(=O)N2CCC(C(C)Cl)CC2)c1. The number of likely N-dealkylation sites (tertiary alicyclic amines) is 1. The van der Waals surface area contributed by atoms with Crippen molar-refractivity contribution in [1.29, 1.82) is 0 Å². The summed E-state index contributed by atoms with van der Waals surface area (Å²) in [6.07, 6.45) is 1.81. The first-order valence-corrected chi connectivity index (χ1v) is 7.27. The van der Waals surface area contributed by atoms with Crippen molar-refractivity contribution in [1.82, 2.24) is 4.90 Å². The summed E-state index contributed by atoms with van der Waals surface area (Å²) in [7, 11) is 1.54. The van der Waals surface area contributed by atoms with Crippen LogP contribution < -0.4 is 4.74 Å². The molecule has 1 aliphatic rings. The van der Waals surface area contributed by atoms with Gasteiger partial charge in [0.15, 0.2) is 0 Å². The highest BCUT2D eigenvalue weighted by atomic mass is 35.5. The molecule has 0 bridgehead atoms. The molecule has 1 amide bonds. The van der Waals surface area contributed by atoms with Crippen LogP contribution in [0.15, 0.2) is 18.2 Å². The van der Waals surface area contributed by atoms with Crippen molar-refractivity contribution in [2.75, 3.05) is 20.2 Å². The highest BCUT2D eigenvalue weighted by molar-refractivity contribution is 6.20. The first kappa shape index (κ1) is 15.0. The fourth-order valence-corrected chi connectivity index (χ4v) is 2.80. The molecule has 110 valence electrons. The summed E-state index contributed by atoms with van der Waals surface area (Å²) in [4.78, 5) is 14.2. The van der Waals surface area contributed by atoms with Gasteiger partial charge < -0.3 is 14.7 Å². The number of aromatic hydroxyl groups is 1. The predicted octanol–water partition coefficient (Wildman–Crippen LogP) is 2.88. The quantitative estimate of drug-likeness (QED) is 0.873. The Labute approximate surface area is 124 Å². The zero-order valence-corrected chi connectivity index (χ0v) is 12.6. The Hall–Kier alpha value is -1.42. The van der Waals surface area contributed by atoms with Gasteiger partial charge in [0.2, 0.25) is 0 Å². The molecule has 2 rings (SSSR count). The number of rotatable bonds is 3. The van der Waals surface area contributed by atoms with E-state index in [1.165, 1.54) is 13.2 Å². The summed E-state index contributed by atoms with van der Waals surface area (Å²) in [5.41, 5.74) is 0.293. The second-order valence-electron chi connectivity index (χ2n) is 5.19. The Morgan fingerprint density at radius 3 is 2.65 bits per heavy atom. The van der Waals surface area contributed by atoms with Crippen LogP contribution in [0.1, 0.15) is 30.1 Å². The third-order valence-corrected chi connectivity index (χ3v) is 4.27. The van der Waals surface area contributed by atoms with Gasteiger partial charge in [0.1, 0.15) is 11.5 Å². The van der Waals surface area contributed by atoms with Crippen LogP contribution in [0.3, 0.4) is 0 Å². The third kappa shape index (κ3) is 3.18. The molecule has 1 aromatic carbocycles. The van der Waals surface area contributed by atoms with Gasteiger partial charge in [-0.05, 0) is 43.9 Å². The van der Waals surface area contributed by atoms with E-state index in [2.05, 4.69) is 0 Å². The lowest BCUT2D eigenvalue weighted by molar-refractivity contribution is 0.0686. The van der Waals surface area contributed by atoms with E-state index in [-0.39, 0.29) is 17.0 Å². The first-order chi connectivity index (χ1) is 9.52. The Morgan fingerprint density at radius 1 is 1.45 bits per heavy atom. The molecule has 1 atom stereocenters. The zero-order chi connectivity index (χ0) is 14.7. The summed E-state index contributed by atoms with van der Waals surface area (Å²) < 4.78 is 5.10. The van der Waals surface area contributed by atoms with Crippen molar-refractivity contribution in [2.24, 2.45) is 5.92 Å². The lowest BCUT2D eigenvalue weighted by Crippen LogP contribution is -2.40. The van der Waals surface area contributed by atoms with Crippen molar-refractivity contribution in [3.05, 3.63) is 23.8 Å². The normalized spacial score (nSPS) is 17.9. The number of carbonyl (C=O) groups excluding carboxylic acids is 1. The lowest BCUT2D eigenvalue weighted by Gasteiger charge is -2.33. The fourth-order valence-electron chi connectivity index (χ4n) is 2.55. The molecule has 1 saturated heterocycles. The Bertz CT molecular complexity index is 482. The minimum atomic E-state index is -0.151. The maximum Gasteiger partial charge on any atom is 0.257 e. The van der Waals surface area contributed by atoms with Crippen molar-refractivity contribution >= 4 is 17.5 Å². The zero-order valence-electron chi connectivity index (χ0n) is 11.8. The minimum Gasteiger partial charge on any atom is -0.507 e. The van der Waals surface area contributed by atoms with Gasteiger partial charge in [-0.3, -0.25) is 4.79 Å². The van der Waals surface area contributed by atoms with Gasteiger partial charge in [0, 0.05) is 18.5 Å². The van der Waals surface area contributed by atoms with Crippen LogP contribution in [0.25, 0.3) is 0 Å². The van der Waals surface area contributed by atoms with Crippen molar-refractivity contribution < 1.29 is 14.6 Å². The van der Waals surface area contributed by atoms with E-state index in [1.807, 2.05) is 6.92 Å². The molecule has 20 heavy (non-hydrogen) atoms. The van der Waals surface area contributed by atoms with Gasteiger partial charge in [-0.1, -0.05) is 0 Å². The number of alkyl halides is 1. The molecule has 1 heterocycles. The molecule has 0 saturated carbocycles. The largest absolute Gasteiger partial charge is 0.507 e. The van der Waals surface area contributed by atoms with Crippen LogP contribution >= 0.6 is 11.6 Å². The van der Waals surface area contributed by atoms with Crippen molar-refractivity contribution in [3.8, 4) is 11.5 Å². The number of nitrogens with zero attached hydrogens (tertiary/aromatic N) is 1. The summed E-state index contributed by atoms with van der Waals surface area (Å²) in [5, 5.41) is 9.98. The number of piperidine rings is 1. The lowest BCUT2D eigenvalue weighted by atomic mass is 9.93. The molecule has 0 aliphatic carbocycles. The van der Waals surface area contributed by atoms with Crippen LogP contribution in [-0.2, 0) is 0 Å². The fraction of sp³-hybridized carbons (Fsp3) is 0.533. The van der Waals surface area contributed by atoms with E-state index in [0.717, 1.165) is 12.8 Å². The number of benzene rings is 1. The second-order valence-corrected chi connectivity index (χ2v) is 5.88. The molecule has 4 nitrogen and oxygen atoms in total. The standard InChI is InChI=1S/C15H20ClNO3/c1-10(16)11-5-7-17(8-6-11)15(19)13-9-12(20-2)3-4-14(13)18/h3-4,9-11,18H,5-8H2,1-2H3. The average molecular weight is 298 g/mol. The number of halogens is 1. The number of ether oxygens (including phenoxy) is 1. The number of carbonyl (C=O) groups is 1. The Morgan fingerprint density at radius 2 is 2.10 bits per heavy atom. The van der Waals surface area contributed by atoms with Crippen LogP contribution in [0.2, 0.25) is 0 Å². The van der Waals surface area contributed by atoms with Gasteiger partial charge in [0.25, 0.3) is 5.91 Å². The van der Waals surface area contributed by atoms with Gasteiger partial charge >= 0.3 is 0 Å². The van der Waals surface area contributed by atoms with Gasteiger partial charge in [0.05, 0.1) is 12.7 Å². The van der Waals surface area contributed by atoms with Crippen LogP contribution in [0.5, 0.6) is 11.5 Å². The number of hydrogen-bond acceptors (Lipinski definition) is 3. The molecule has 0 spiro atoms. The highest BCUT2D eigenvalue weighted by Crippen LogP contribution is 2.28. The van der Waals surface area contributed by atoms with Crippen LogP contribution in [-0.4, -0.2) is 41.5 Å². The summed E-state index contributed by atoms with van der Waals surface area (Å²) in [5.74, 6) is 0.862. The number of hydrogen-bond donors (Lipinski definition) is 1. The van der Waals surface area contributed by atoms with Gasteiger partial charge in [-0.15, -0.1) is 11.6 Å². The summed E-state index contributed by atoms with van der Waals surface area (Å²) in [6.45, 7) is 3.35. The molecule has 1 aromatic rings. The summed E-state index contributed by atoms with van der Waals surface area (Å²) >= 11 is 6.11. The molecular weight excluding hydrogens is 278 g/mol. The molecule has 1 aliphatic heterocycles. The maximum atomic E-state index is 12.4. The average Bonchev–Trinajstić information content (AvgIpc) is 2.47. The van der Waals surface area contributed by atoms with E-state index in [9.17, 15) is 9.90 Å². The smallest absolute Gasteiger partial charge is 0.257 e. The Kier molecular flexibility index (Phi) is 4.76. The van der Waals surface area contributed by atoms with Crippen LogP contribution in [0, 0.1) is 5.92 Å². The minimum absolute atomic E-state index is 0.0105. The van der Waals surface area contributed by atoms with Crippen molar-refractivity contribution in [2.45, 2.75) is 25.1 Å². The van der Waals surface area contributed by atoms with Crippen molar-refractivity contribution in [3.63, 3.8) is 0 Å². The topological polar surface area (TPSA) is 49.8 Å². The number of amides is 1. The molecule has 0 radical (unpaired) electrons. The molecule has 1 unspecified atom stereocenters. The third-order valence-electron chi connectivity index (χ3n) is 3.91. The maximum absolute atomic E-state index is 12.4. The van der Waals surface area contributed by atoms with E-state index in [0.29, 0.717) is 30.3 Å². The second kappa shape index (κ2) is 6.35. The molecule has 5 heteroatoms. The van der Waals surface area contributed by atoms with E-state index >= 15 is 0 Å². The molecule has 1 N–H and O–H groups in total. The highest BCUT2D eigenvalue weighted by Gasteiger charge is 2.27.